The SMILES string of the molecule is CC1(C)CN(C(=O)c2noc3c2CCCC3)c2ccc(Br)cc2O1. The molecule has 0 atom stereocenters. The third-order valence-electron chi connectivity index (χ3n) is 4.54. The maximum Gasteiger partial charge on any atom is 0.281 e. The molecule has 0 spiro atoms. The number of rotatable bonds is 1. The summed E-state index contributed by atoms with van der Waals surface area (Å²) in [6.45, 7) is 4.44. The topological polar surface area (TPSA) is 55.6 Å². The van der Waals surface area contributed by atoms with Crippen molar-refractivity contribution in [3.05, 3.63) is 39.7 Å². The number of carbonyl (C=O) groups is 1. The van der Waals surface area contributed by atoms with Gasteiger partial charge >= 0.3 is 0 Å². The fourth-order valence-electron chi connectivity index (χ4n) is 3.45. The summed E-state index contributed by atoms with van der Waals surface area (Å²) in [4.78, 5) is 15.0. The molecule has 1 aromatic carbocycles. The van der Waals surface area contributed by atoms with Crippen LogP contribution in [0.3, 0.4) is 0 Å². The van der Waals surface area contributed by atoms with Gasteiger partial charge in [-0.25, -0.2) is 0 Å². The molecule has 0 saturated carbocycles. The van der Waals surface area contributed by atoms with Crippen molar-refractivity contribution in [3.63, 3.8) is 0 Å². The van der Waals surface area contributed by atoms with E-state index in [-0.39, 0.29) is 5.91 Å². The molecule has 4 rings (SSSR count). The Balaban J connectivity index is 1.76. The quantitative estimate of drug-likeness (QED) is 0.734. The Labute approximate surface area is 149 Å². The Kier molecular flexibility index (Phi) is 3.67. The average molecular weight is 391 g/mol. The Morgan fingerprint density at radius 2 is 2.08 bits per heavy atom. The van der Waals surface area contributed by atoms with E-state index >= 15 is 0 Å². The van der Waals surface area contributed by atoms with E-state index in [9.17, 15) is 4.79 Å². The summed E-state index contributed by atoms with van der Waals surface area (Å²) in [5, 5.41) is 4.09. The first kappa shape index (κ1) is 15.7. The Bertz CT molecular complexity index is 813. The van der Waals surface area contributed by atoms with Crippen molar-refractivity contribution in [1.82, 2.24) is 5.16 Å². The third kappa shape index (κ3) is 2.62. The van der Waals surface area contributed by atoms with E-state index in [2.05, 4.69) is 21.1 Å². The molecule has 0 saturated heterocycles. The zero-order valence-corrected chi connectivity index (χ0v) is 15.4. The standard InChI is InChI=1S/C18H19BrN2O3/c1-18(2)10-21(13-8-7-11(19)9-15(13)23-18)17(22)16-12-5-3-4-6-14(12)24-20-16/h7-9H,3-6,10H2,1-2H3. The van der Waals surface area contributed by atoms with E-state index < -0.39 is 5.60 Å². The van der Waals surface area contributed by atoms with Crippen molar-refractivity contribution >= 4 is 27.5 Å². The van der Waals surface area contributed by atoms with Gasteiger partial charge in [-0.05, 0) is 51.3 Å². The highest BCUT2D eigenvalue weighted by molar-refractivity contribution is 9.10. The number of aryl methyl sites for hydroxylation is 1. The van der Waals surface area contributed by atoms with Crippen LogP contribution in [0.2, 0.25) is 0 Å². The molecule has 0 bridgehead atoms. The number of nitrogens with zero attached hydrogens (tertiary/aromatic N) is 2. The van der Waals surface area contributed by atoms with Gasteiger partial charge in [0.2, 0.25) is 0 Å². The lowest BCUT2D eigenvalue weighted by atomic mass is 9.95. The van der Waals surface area contributed by atoms with Crippen LogP contribution in [-0.4, -0.2) is 23.2 Å². The molecule has 6 heteroatoms. The lowest BCUT2D eigenvalue weighted by molar-refractivity contribution is 0.0829. The van der Waals surface area contributed by atoms with E-state index in [1.54, 1.807) is 4.90 Å². The molecular weight excluding hydrogens is 372 g/mol. The smallest absolute Gasteiger partial charge is 0.281 e. The lowest BCUT2D eigenvalue weighted by Crippen LogP contribution is -2.49. The molecule has 2 aliphatic rings. The normalized spacial score (nSPS) is 18.5. The molecule has 0 radical (unpaired) electrons. The van der Waals surface area contributed by atoms with Gasteiger partial charge < -0.3 is 9.26 Å². The first-order valence-corrected chi connectivity index (χ1v) is 9.02. The lowest BCUT2D eigenvalue weighted by Gasteiger charge is -2.39. The third-order valence-corrected chi connectivity index (χ3v) is 5.03. The number of halogens is 1. The van der Waals surface area contributed by atoms with Gasteiger partial charge in [0.1, 0.15) is 17.1 Å². The first-order valence-electron chi connectivity index (χ1n) is 8.22. The number of ether oxygens (including phenoxy) is 1. The number of anilines is 1. The summed E-state index contributed by atoms with van der Waals surface area (Å²) in [6, 6.07) is 5.72. The molecule has 0 unspecified atom stereocenters. The zero-order chi connectivity index (χ0) is 16.9. The highest BCUT2D eigenvalue weighted by Gasteiger charge is 2.37. The van der Waals surface area contributed by atoms with E-state index in [0.717, 1.165) is 47.2 Å². The van der Waals surface area contributed by atoms with Crippen molar-refractivity contribution in [2.75, 3.05) is 11.4 Å². The van der Waals surface area contributed by atoms with Gasteiger partial charge in [-0.15, -0.1) is 0 Å². The Morgan fingerprint density at radius 3 is 2.92 bits per heavy atom. The highest BCUT2D eigenvalue weighted by atomic mass is 79.9. The van der Waals surface area contributed by atoms with E-state index in [4.69, 9.17) is 9.26 Å². The summed E-state index contributed by atoms with van der Waals surface area (Å²) < 4.78 is 12.4. The molecule has 2 heterocycles. The van der Waals surface area contributed by atoms with Crippen LogP contribution in [0.1, 0.15) is 48.5 Å². The van der Waals surface area contributed by atoms with Crippen molar-refractivity contribution in [2.45, 2.75) is 45.1 Å². The van der Waals surface area contributed by atoms with Gasteiger partial charge in [-0.1, -0.05) is 21.1 Å². The second-order valence-electron chi connectivity index (χ2n) is 7.01. The maximum atomic E-state index is 13.2. The number of hydrogen-bond donors (Lipinski definition) is 0. The molecule has 1 aliphatic carbocycles. The molecular formula is C18H19BrN2O3. The monoisotopic (exact) mass is 390 g/mol. The molecule has 1 amide bonds. The number of amides is 1. The van der Waals surface area contributed by atoms with Gasteiger partial charge in [0.05, 0.1) is 12.2 Å². The van der Waals surface area contributed by atoms with Crippen molar-refractivity contribution in [3.8, 4) is 5.75 Å². The molecule has 1 aromatic heterocycles. The minimum Gasteiger partial charge on any atom is -0.484 e. The Morgan fingerprint density at radius 1 is 1.29 bits per heavy atom. The molecule has 0 fully saturated rings. The van der Waals surface area contributed by atoms with Crippen LogP contribution in [0, 0.1) is 0 Å². The largest absolute Gasteiger partial charge is 0.484 e. The number of hydrogen-bond acceptors (Lipinski definition) is 4. The van der Waals surface area contributed by atoms with Crippen LogP contribution in [0.5, 0.6) is 5.75 Å². The van der Waals surface area contributed by atoms with Crippen LogP contribution < -0.4 is 9.64 Å². The predicted molar refractivity (Wildman–Crippen MR) is 93.7 cm³/mol. The van der Waals surface area contributed by atoms with E-state index in [1.165, 1.54) is 0 Å². The van der Waals surface area contributed by atoms with Crippen LogP contribution in [0.25, 0.3) is 0 Å². The van der Waals surface area contributed by atoms with Gasteiger partial charge in [-0.2, -0.15) is 0 Å². The van der Waals surface area contributed by atoms with E-state index in [1.807, 2.05) is 32.0 Å². The molecule has 126 valence electrons. The van der Waals surface area contributed by atoms with Crippen LogP contribution in [0.4, 0.5) is 5.69 Å². The molecule has 24 heavy (non-hydrogen) atoms. The molecule has 2 aromatic rings. The van der Waals surface area contributed by atoms with E-state index in [0.29, 0.717) is 18.0 Å². The summed E-state index contributed by atoms with van der Waals surface area (Å²) in [5.74, 6) is 1.46. The number of carbonyl (C=O) groups excluding carboxylic acids is 1. The van der Waals surface area contributed by atoms with Gasteiger partial charge in [0.25, 0.3) is 5.91 Å². The van der Waals surface area contributed by atoms with Crippen LogP contribution in [-0.2, 0) is 12.8 Å². The summed E-state index contributed by atoms with van der Waals surface area (Å²) in [5.41, 5.74) is 1.74. The number of fused-ring (bicyclic) bond motifs is 2. The first-order chi connectivity index (χ1) is 11.4. The van der Waals surface area contributed by atoms with Gasteiger partial charge in [0.15, 0.2) is 5.69 Å². The van der Waals surface area contributed by atoms with Crippen molar-refractivity contribution < 1.29 is 14.1 Å². The van der Waals surface area contributed by atoms with Gasteiger partial charge in [-0.3, -0.25) is 9.69 Å². The average Bonchev–Trinajstić information content (AvgIpc) is 2.96. The molecule has 1 aliphatic heterocycles. The molecule has 5 nitrogen and oxygen atoms in total. The summed E-state index contributed by atoms with van der Waals surface area (Å²) in [6.07, 6.45) is 3.90. The van der Waals surface area contributed by atoms with Crippen molar-refractivity contribution in [2.24, 2.45) is 0 Å². The minimum absolute atomic E-state index is 0.109. The van der Waals surface area contributed by atoms with Crippen LogP contribution >= 0.6 is 15.9 Å². The summed E-state index contributed by atoms with van der Waals surface area (Å²) >= 11 is 3.46. The summed E-state index contributed by atoms with van der Waals surface area (Å²) in [7, 11) is 0. The fourth-order valence-corrected chi connectivity index (χ4v) is 3.79. The Hall–Kier alpha value is -1.82. The second-order valence-corrected chi connectivity index (χ2v) is 7.92. The highest BCUT2D eigenvalue weighted by Crippen LogP contribution is 2.40. The number of aromatic nitrogens is 1. The zero-order valence-electron chi connectivity index (χ0n) is 13.8. The predicted octanol–water partition coefficient (Wildman–Crippen LogP) is 4.13. The molecule has 0 N–H and O–H groups in total. The van der Waals surface area contributed by atoms with Crippen LogP contribution in [0.15, 0.2) is 27.2 Å². The minimum atomic E-state index is -0.465. The van der Waals surface area contributed by atoms with Gasteiger partial charge in [0, 0.05) is 16.5 Å². The maximum absolute atomic E-state index is 13.2. The number of benzene rings is 1. The second kappa shape index (κ2) is 5.62. The van der Waals surface area contributed by atoms with Crippen molar-refractivity contribution in [1.29, 1.82) is 0 Å². The fraction of sp³-hybridized carbons (Fsp3) is 0.444.